The van der Waals surface area contributed by atoms with E-state index in [4.69, 9.17) is 21.7 Å². The van der Waals surface area contributed by atoms with E-state index in [0.29, 0.717) is 85.1 Å². The fraction of sp³-hybridized carbons (Fsp3) is 0.714. The Balaban J connectivity index is 0.00000385. The van der Waals surface area contributed by atoms with Gasteiger partial charge in [0.25, 0.3) is 5.69 Å². The summed E-state index contributed by atoms with van der Waals surface area (Å²) < 4.78 is 0. The molecule has 0 spiro atoms. The number of benzene rings is 1. The van der Waals surface area contributed by atoms with E-state index in [9.17, 15) is 10.1 Å². The maximum Gasteiger partial charge on any atom is 0.269 e. The fourth-order valence-electron chi connectivity index (χ4n) is 3.70. The van der Waals surface area contributed by atoms with Gasteiger partial charge in [-0.15, -0.1) is 39.3 Å². The SMILES string of the molecule is NC12C[N-]CC[N-]CC(NCc3ccc([N+](=O)[O-])cc3)(C[N-]CC[N-]C1)C[N-]CC[N-]C2.[Cu]. The molecule has 191 valence electrons. The molecule has 2 bridgehead atoms. The van der Waals surface area contributed by atoms with Crippen LogP contribution in [0.15, 0.2) is 24.3 Å². The zero-order valence-electron chi connectivity index (χ0n) is 18.8. The average molecular weight is 507 g/mol. The van der Waals surface area contributed by atoms with E-state index in [1.807, 2.05) is 0 Å². The van der Waals surface area contributed by atoms with E-state index in [1.165, 1.54) is 12.1 Å². The molecule has 3 aliphatic heterocycles. The molecule has 3 fully saturated rings. The Morgan fingerprint density at radius 3 is 1.58 bits per heavy atom. The second-order valence-electron chi connectivity index (χ2n) is 8.55. The van der Waals surface area contributed by atoms with Gasteiger partial charge >= 0.3 is 0 Å². The van der Waals surface area contributed by atoms with Gasteiger partial charge in [0.1, 0.15) is 0 Å². The summed E-state index contributed by atoms with van der Waals surface area (Å²) in [6, 6.07) is 6.59. The standard InChI is InChI=1S/C21H33N9O2.Cu/c22-20-12-23-5-8-26-15-21(16-27-9-6-24-13-20,17-28-10-7-25-14-20)29-11-18-1-3-19(4-2-18)30(31)32;/h1-4,29H,5-17,22H2;/q-6;. The molecule has 3 N–H and O–H groups in total. The number of nitro groups is 1. The summed E-state index contributed by atoms with van der Waals surface area (Å²) in [5.74, 6) is 0. The molecule has 0 aromatic heterocycles. The molecule has 0 unspecified atom stereocenters. The molecule has 3 saturated heterocycles. The predicted molar refractivity (Wildman–Crippen MR) is 128 cm³/mol. The Bertz CT molecular complexity index is 664. The van der Waals surface area contributed by atoms with Crippen LogP contribution in [0.5, 0.6) is 0 Å². The van der Waals surface area contributed by atoms with Gasteiger partial charge in [-0.1, -0.05) is 12.1 Å². The van der Waals surface area contributed by atoms with Crippen LogP contribution in [-0.2, 0) is 23.6 Å². The molecule has 0 saturated carbocycles. The van der Waals surface area contributed by atoms with Crippen molar-refractivity contribution in [2.75, 3.05) is 78.5 Å². The summed E-state index contributed by atoms with van der Waals surface area (Å²) in [6.07, 6.45) is 0. The molecule has 12 heteroatoms. The molecular weight excluding hydrogens is 474 g/mol. The molecule has 0 atom stereocenters. The molecule has 1 aromatic carbocycles. The molecule has 3 aliphatic rings. The van der Waals surface area contributed by atoms with Crippen molar-refractivity contribution in [1.29, 1.82) is 0 Å². The molecule has 1 radical (unpaired) electrons. The van der Waals surface area contributed by atoms with Crippen molar-refractivity contribution in [3.63, 3.8) is 0 Å². The Kier molecular flexibility index (Phi) is 12.1. The zero-order chi connectivity index (χ0) is 22.7. The summed E-state index contributed by atoms with van der Waals surface area (Å²) in [5, 5.41) is 42.6. The van der Waals surface area contributed by atoms with Crippen LogP contribution in [0.3, 0.4) is 0 Å². The molecule has 33 heavy (non-hydrogen) atoms. The fourth-order valence-corrected chi connectivity index (χ4v) is 3.70. The number of nitrogens with two attached hydrogens (primary N) is 1. The molecule has 4 rings (SSSR count). The van der Waals surface area contributed by atoms with E-state index in [2.05, 4.69) is 21.3 Å². The predicted octanol–water partition coefficient (Wildman–Crippen LogP) is 2.39. The minimum Gasteiger partial charge on any atom is -0.662 e. The van der Waals surface area contributed by atoms with Gasteiger partial charge in [-0.05, 0) is 16.6 Å². The first-order valence-corrected chi connectivity index (χ1v) is 11.1. The van der Waals surface area contributed by atoms with Gasteiger partial charge < -0.3 is 43.0 Å². The van der Waals surface area contributed by atoms with Crippen molar-refractivity contribution < 1.29 is 22.0 Å². The largest absolute Gasteiger partial charge is 0.662 e. The first kappa shape index (κ1) is 28.1. The Morgan fingerprint density at radius 1 is 0.788 bits per heavy atom. The number of hydrogen-bond donors (Lipinski definition) is 2. The Hall–Kier alpha value is -1.18. The van der Waals surface area contributed by atoms with Crippen LogP contribution >= 0.6 is 0 Å². The third kappa shape index (κ3) is 9.53. The molecular formula is C21H33CuN9O2-6. The van der Waals surface area contributed by atoms with Crippen LogP contribution in [-0.4, -0.2) is 94.5 Å². The summed E-state index contributed by atoms with van der Waals surface area (Å²) in [5.41, 5.74) is 6.61. The maximum absolute atomic E-state index is 10.9. The molecule has 0 aliphatic carbocycles. The maximum atomic E-state index is 10.9. The van der Waals surface area contributed by atoms with Crippen molar-refractivity contribution in [2.24, 2.45) is 5.73 Å². The van der Waals surface area contributed by atoms with Crippen molar-refractivity contribution in [2.45, 2.75) is 17.6 Å². The van der Waals surface area contributed by atoms with E-state index in [0.717, 1.165) is 5.56 Å². The normalized spacial score (nSPS) is 28.3. The summed E-state index contributed by atoms with van der Waals surface area (Å²) >= 11 is 0. The quantitative estimate of drug-likeness (QED) is 0.363. The van der Waals surface area contributed by atoms with Gasteiger partial charge in [0, 0.05) is 35.7 Å². The Labute approximate surface area is 206 Å². The molecule has 3 heterocycles. The van der Waals surface area contributed by atoms with E-state index < -0.39 is 16.0 Å². The zero-order valence-corrected chi connectivity index (χ0v) is 19.8. The minimum absolute atomic E-state index is 0. The second-order valence-corrected chi connectivity index (χ2v) is 8.55. The number of nitro benzene ring substituents is 1. The topological polar surface area (TPSA) is 166 Å². The number of fused-ring (bicyclic) bond motifs is 15. The van der Waals surface area contributed by atoms with Crippen LogP contribution in [0.1, 0.15) is 5.56 Å². The van der Waals surface area contributed by atoms with Crippen molar-refractivity contribution in [1.82, 2.24) is 5.32 Å². The summed E-state index contributed by atoms with van der Waals surface area (Å²) in [7, 11) is 0. The summed E-state index contributed by atoms with van der Waals surface area (Å²) in [6.45, 7) is 7.49. The van der Waals surface area contributed by atoms with E-state index in [1.54, 1.807) is 12.1 Å². The third-order valence-corrected chi connectivity index (χ3v) is 5.59. The first-order valence-electron chi connectivity index (χ1n) is 11.1. The van der Waals surface area contributed by atoms with Crippen LogP contribution in [0.25, 0.3) is 31.9 Å². The van der Waals surface area contributed by atoms with Gasteiger partial charge in [-0.2, -0.15) is 39.3 Å². The van der Waals surface area contributed by atoms with Crippen LogP contribution < -0.4 is 11.1 Å². The van der Waals surface area contributed by atoms with Gasteiger partial charge in [-0.3, -0.25) is 10.1 Å². The van der Waals surface area contributed by atoms with Crippen molar-refractivity contribution >= 4 is 5.69 Å². The van der Waals surface area contributed by atoms with Crippen LogP contribution in [0.4, 0.5) is 5.69 Å². The monoisotopic (exact) mass is 506 g/mol. The smallest absolute Gasteiger partial charge is 0.269 e. The molecule has 0 amide bonds. The third-order valence-electron chi connectivity index (χ3n) is 5.59. The summed E-state index contributed by atoms with van der Waals surface area (Å²) in [4.78, 5) is 10.5. The second kappa shape index (κ2) is 14.3. The van der Waals surface area contributed by atoms with Gasteiger partial charge in [0.05, 0.1) is 4.92 Å². The molecule has 11 nitrogen and oxygen atoms in total. The van der Waals surface area contributed by atoms with E-state index in [-0.39, 0.29) is 22.8 Å². The number of non-ortho nitro benzene ring substituents is 1. The number of hydrogen-bond acceptors (Lipinski definition) is 4. The van der Waals surface area contributed by atoms with Gasteiger partial charge in [-0.25, -0.2) is 0 Å². The van der Waals surface area contributed by atoms with Crippen LogP contribution in [0.2, 0.25) is 0 Å². The van der Waals surface area contributed by atoms with Gasteiger partial charge in [0.15, 0.2) is 0 Å². The molecule has 1 aromatic rings. The number of rotatable bonds is 4. The number of nitrogens with one attached hydrogen (secondary N) is 1. The van der Waals surface area contributed by atoms with E-state index >= 15 is 0 Å². The minimum atomic E-state index is -0.537. The number of nitrogens with zero attached hydrogens (tertiary/aromatic N) is 7. The van der Waals surface area contributed by atoms with Gasteiger partial charge in [0.2, 0.25) is 0 Å². The van der Waals surface area contributed by atoms with Crippen LogP contribution in [0, 0.1) is 10.1 Å². The average Bonchev–Trinajstić information content (AvgIpc) is 2.79. The Morgan fingerprint density at radius 2 is 1.18 bits per heavy atom. The van der Waals surface area contributed by atoms with Crippen molar-refractivity contribution in [3.8, 4) is 0 Å². The first-order chi connectivity index (χ1) is 15.5. The van der Waals surface area contributed by atoms with Crippen molar-refractivity contribution in [3.05, 3.63) is 71.8 Å².